The lowest BCUT2D eigenvalue weighted by molar-refractivity contribution is -0.143. The molecule has 36 heavy (non-hydrogen) atoms. The largest absolute Gasteiger partial charge is 0.357 e. The minimum atomic E-state index is -0.962. The van der Waals surface area contributed by atoms with Gasteiger partial charge < -0.3 is 15.2 Å². The molecule has 2 atom stereocenters. The molecule has 0 radical (unpaired) electrons. The number of carbonyl (C=O) groups excluding carboxylic acids is 3. The molecule has 0 spiro atoms. The first-order valence-electron chi connectivity index (χ1n) is 12.0. The van der Waals surface area contributed by atoms with Gasteiger partial charge in [-0.25, -0.2) is 5.01 Å². The van der Waals surface area contributed by atoms with E-state index in [1.807, 2.05) is 68.9 Å². The molecule has 0 bridgehead atoms. The van der Waals surface area contributed by atoms with Crippen molar-refractivity contribution in [1.82, 2.24) is 20.2 Å². The number of carbonyl (C=O) groups is 3. The summed E-state index contributed by atoms with van der Waals surface area (Å²) in [6, 6.07) is 16.3. The van der Waals surface area contributed by atoms with E-state index in [4.69, 9.17) is 0 Å². The number of aryl methyl sites for hydroxylation is 2. The van der Waals surface area contributed by atoms with Crippen LogP contribution in [0.5, 0.6) is 0 Å². The van der Waals surface area contributed by atoms with Gasteiger partial charge in [0.25, 0.3) is 17.7 Å². The monoisotopic (exact) mass is 485 g/mol. The summed E-state index contributed by atoms with van der Waals surface area (Å²) in [4.78, 5) is 40.3. The van der Waals surface area contributed by atoms with Crippen LogP contribution < -0.4 is 10.6 Å². The van der Waals surface area contributed by atoms with Crippen molar-refractivity contribution in [2.45, 2.75) is 39.3 Å². The van der Waals surface area contributed by atoms with E-state index in [1.54, 1.807) is 36.5 Å². The fourth-order valence-electron chi connectivity index (χ4n) is 4.17. The summed E-state index contributed by atoms with van der Waals surface area (Å²) in [5.41, 5.74) is 2.84. The van der Waals surface area contributed by atoms with Crippen molar-refractivity contribution < 1.29 is 14.4 Å². The maximum atomic E-state index is 14.0. The number of hydrogen-bond acceptors (Lipinski definition) is 4. The molecule has 1 aromatic heterocycles. The highest BCUT2D eigenvalue weighted by Crippen LogP contribution is 2.27. The summed E-state index contributed by atoms with van der Waals surface area (Å²) < 4.78 is 1.81. The maximum Gasteiger partial charge on any atom is 0.266 e. The fraction of sp³-hybridized carbons (Fsp3) is 0.286. The molecule has 1 aliphatic rings. The Balaban J connectivity index is 1.73. The molecule has 3 amide bonds. The van der Waals surface area contributed by atoms with Crippen LogP contribution in [-0.4, -0.2) is 39.2 Å². The Morgan fingerprint density at radius 2 is 1.75 bits per heavy atom. The summed E-state index contributed by atoms with van der Waals surface area (Å²) in [5.74, 6) is -0.753. The number of hydrazone groups is 1. The number of benzene rings is 2. The van der Waals surface area contributed by atoms with Crippen molar-refractivity contribution >= 4 is 23.6 Å². The minimum absolute atomic E-state index is 0.115. The Morgan fingerprint density at radius 1 is 1.06 bits per heavy atom. The molecule has 0 unspecified atom stereocenters. The van der Waals surface area contributed by atoms with Gasteiger partial charge in [0.2, 0.25) is 0 Å². The topological polar surface area (TPSA) is 95.8 Å². The second kappa shape index (κ2) is 10.6. The van der Waals surface area contributed by atoms with Gasteiger partial charge in [-0.15, -0.1) is 0 Å². The first-order valence-corrected chi connectivity index (χ1v) is 12.0. The number of nitrogens with one attached hydrogen (secondary N) is 2. The summed E-state index contributed by atoms with van der Waals surface area (Å²) in [5, 5.41) is 11.6. The number of rotatable bonds is 7. The van der Waals surface area contributed by atoms with Gasteiger partial charge in [-0.1, -0.05) is 61.9 Å². The number of nitrogens with zero attached hydrogens (tertiary/aromatic N) is 3. The zero-order valence-corrected chi connectivity index (χ0v) is 20.9. The van der Waals surface area contributed by atoms with Crippen molar-refractivity contribution in [3.8, 4) is 0 Å². The molecule has 8 nitrogen and oxygen atoms in total. The highest BCUT2D eigenvalue weighted by Gasteiger charge is 2.40. The van der Waals surface area contributed by atoms with Crippen molar-refractivity contribution in [2.75, 3.05) is 0 Å². The second-order valence-electron chi connectivity index (χ2n) is 9.52. The molecule has 0 saturated carbocycles. The third-order valence-electron chi connectivity index (χ3n) is 6.01. The van der Waals surface area contributed by atoms with Crippen LogP contribution in [0.15, 0.2) is 78.2 Å². The van der Waals surface area contributed by atoms with E-state index < -0.39 is 18.0 Å². The van der Waals surface area contributed by atoms with Gasteiger partial charge in [-0.3, -0.25) is 14.4 Å². The first-order chi connectivity index (χ1) is 17.2. The van der Waals surface area contributed by atoms with E-state index in [9.17, 15) is 14.4 Å². The molecule has 0 aliphatic carbocycles. The van der Waals surface area contributed by atoms with Crippen molar-refractivity contribution in [3.63, 3.8) is 0 Å². The van der Waals surface area contributed by atoms with Crippen LogP contribution in [0.25, 0.3) is 0 Å². The third-order valence-corrected chi connectivity index (χ3v) is 6.01. The van der Waals surface area contributed by atoms with Gasteiger partial charge in [0.1, 0.15) is 6.04 Å². The first kappa shape index (κ1) is 24.9. The number of amides is 3. The predicted octanol–water partition coefficient (Wildman–Crippen LogP) is 3.54. The normalized spacial score (nSPS) is 16.4. The molecule has 2 heterocycles. The van der Waals surface area contributed by atoms with Crippen LogP contribution in [0.2, 0.25) is 0 Å². The van der Waals surface area contributed by atoms with Crippen LogP contribution in [-0.2, 0) is 16.6 Å². The van der Waals surface area contributed by atoms with Gasteiger partial charge in [0.15, 0.2) is 11.9 Å². The van der Waals surface area contributed by atoms with Gasteiger partial charge >= 0.3 is 0 Å². The van der Waals surface area contributed by atoms with Crippen LogP contribution >= 0.6 is 0 Å². The number of amidine groups is 1. The Labute approximate surface area is 211 Å². The zero-order valence-electron chi connectivity index (χ0n) is 20.9. The lowest BCUT2D eigenvalue weighted by Gasteiger charge is -2.34. The van der Waals surface area contributed by atoms with E-state index in [0.717, 1.165) is 5.56 Å². The zero-order chi connectivity index (χ0) is 25.8. The van der Waals surface area contributed by atoms with E-state index in [2.05, 4.69) is 15.7 Å². The highest BCUT2D eigenvalue weighted by molar-refractivity contribution is 6.12. The van der Waals surface area contributed by atoms with Gasteiger partial charge in [-0.05, 0) is 37.5 Å². The Hall–Kier alpha value is -4.20. The fourth-order valence-corrected chi connectivity index (χ4v) is 4.17. The summed E-state index contributed by atoms with van der Waals surface area (Å²) in [6.45, 7) is 5.93. The van der Waals surface area contributed by atoms with Crippen molar-refractivity contribution in [3.05, 3.63) is 95.3 Å². The average Bonchev–Trinajstić information content (AvgIpc) is 3.29. The molecule has 2 N–H and O–H groups in total. The van der Waals surface area contributed by atoms with E-state index >= 15 is 0 Å². The summed E-state index contributed by atoms with van der Waals surface area (Å²) in [7, 11) is 1.85. The number of hydrogen-bond donors (Lipinski definition) is 2. The van der Waals surface area contributed by atoms with Gasteiger partial charge in [0.05, 0.1) is 0 Å². The SMILES string of the molecule is Cc1ccc(C2=NN(C(=O)[C@H](CC(C)C)NC(=O)c3ccccc3)[C@H](c3ccn(C)c3)C(=O)N2)cc1. The average molecular weight is 486 g/mol. The smallest absolute Gasteiger partial charge is 0.266 e. The quantitative estimate of drug-likeness (QED) is 0.536. The lowest BCUT2D eigenvalue weighted by atomic mass is 10.0. The van der Waals surface area contributed by atoms with E-state index in [0.29, 0.717) is 28.9 Å². The maximum absolute atomic E-state index is 14.0. The molecular formula is C28H31N5O3. The van der Waals surface area contributed by atoms with Crippen molar-refractivity contribution in [1.29, 1.82) is 0 Å². The highest BCUT2D eigenvalue weighted by atomic mass is 16.2. The van der Waals surface area contributed by atoms with Crippen LogP contribution in [0, 0.1) is 12.8 Å². The predicted molar refractivity (Wildman–Crippen MR) is 138 cm³/mol. The molecule has 0 fully saturated rings. The summed E-state index contributed by atoms with van der Waals surface area (Å²) >= 11 is 0. The molecule has 2 aromatic carbocycles. The van der Waals surface area contributed by atoms with E-state index in [1.165, 1.54) is 5.01 Å². The lowest BCUT2D eigenvalue weighted by Crippen LogP contribution is -2.54. The Morgan fingerprint density at radius 3 is 2.36 bits per heavy atom. The minimum Gasteiger partial charge on any atom is -0.357 e. The van der Waals surface area contributed by atoms with Crippen LogP contribution in [0.4, 0.5) is 0 Å². The third kappa shape index (κ3) is 5.54. The van der Waals surface area contributed by atoms with Gasteiger partial charge in [-0.2, -0.15) is 5.10 Å². The Bertz CT molecular complexity index is 1280. The summed E-state index contributed by atoms with van der Waals surface area (Å²) in [6.07, 6.45) is 4.00. The molecule has 186 valence electrons. The van der Waals surface area contributed by atoms with Crippen molar-refractivity contribution in [2.24, 2.45) is 18.1 Å². The Kier molecular flexibility index (Phi) is 7.33. The second-order valence-corrected chi connectivity index (χ2v) is 9.52. The molecular weight excluding hydrogens is 454 g/mol. The van der Waals surface area contributed by atoms with Crippen LogP contribution in [0.1, 0.15) is 53.4 Å². The molecule has 3 aromatic rings. The molecule has 8 heteroatoms. The van der Waals surface area contributed by atoms with Gasteiger partial charge in [0, 0.05) is 36.1 Å². The standard InChI is InChI=1S/C28H31N5O3/c1-18(2)16-23(29-26(34)21-8-6-5-7-9-21)28(36)33-24(22-14-15-32(4)17-22)27(35)30-25(31-33)20-12-10-19(3)11-13-20/h5-15,17-18,23-24H,16H2,1-4H3,(H,29,34)(H,30,31,35)/t23-,24+/m0/s1. The number of aromatic nitrogens is 1. The molecule has 4 rings (SSSR count). The van der Waals surface area contributed by atoms with E-state index in [-0.39, 0.29) is 17.7 Å². The molecule has 0 saturated heterocycles. The molecule has 1 aliphatic heterocycles. The van der Waals surface area contributed by atoms with Crippen LogP contribution in [0.3, 0.4) is 0 Å².